The summed E-state index contributed by atoms with van der Waals surface area (Å²) >= 11 is 0. The molecule has 0 saturated heterocycles. The molecular formula is C10H15N5O3. The fourth-order valence-electron chi connectivity index (χ4n) is 1.13. The van der Waals surface area contributed by atoms with E-state index in [4.69, 9.17) is 0 Å². The summed E-state index contributed by atoms with van der Waals surface area (Å²) in [7, 11) is 3.31. The minimum atomic E-state index is -0.554. The fourth-order valence-corrected chi connectivity index (χ4v) is 1.13. The number of hydrogen-bond acceptors (Lipinski definition) is 5. The zero-order chi connectivity index (χ0) is 13.5. The first kappa shape index (κ1) is 13.7. The van der Waals surface area contributed by atoms with Crippen LogP contribution >= 0.6 is 0 Å². The molecule has 0 radical (unpaired) electrons. The third kappa shape index (κ3) is 4.24. The Hall–Kier alpha value is -2.38. The van der Waals surface area contributed by atoms with E-state index in [1.165, 1.54) is 17.2 Å². The van der Waals surface area contributed by atoms with Crippen LogP contribution in [0.25, 0.3) is 0 Å². The van der Waals surface area contributed by atoms with Gasteiger partial charge < -0.3 is 25.6 Å². The van der Waals surface area contributed by atoms with Crippen molar-refractivity contribution < 1.29 is 9.72 Å². The maximum absolute atomic E-state index is 11.2. The van der Waals surface area contributed by atoms with Gasteiger partial charge in [0.05, 0.1) is 5.69 Å². The van der Waals surface area contributed by atoms with Gasteiger partial charge >= 0.3 is 11.8 Å². The number of rotatable bonds is 5. The monoisotopic (exact) mass is 253 g/mol. The number of anilines is 1. The van der Waals surface area contributed by atoms with Gasteiger partial charge in [-0.3, -0.25) is 0 Å². The SMILES string of the molecule is CN(C)C(=O)NCCNc1ccc([N+](=O)[O-])nc1. The number of carbonyl (C=O) groups is 1. The number of nitrogens with zero attached hydrogens (tertiary/aromatic N) is 3. The molecule has 8 heteroatoms. The van der Waals surface area contributed by atoms with Gasteiger partial charge in [0.1, 0.15) is 0 Å². The maximum atomic E-state index is 11.2. The molecule has 18 heavy (non-hydrogen) atoms. The molecule has 1 heterocycles. The second-order valence-electron chi connectivity index (χ2n) is 3.72. The first-order valence-electron chi connectivity index (χ1n) is 5.30. The molecule has 0 bridgehead atoms. The first-order chi connectivity index (χ1) is 8.50. The van der Waals surface area contributed by atoms with Crippen LogP contribution in [0.5, 0.6) is 0 Å². The highest BCUT2D eigenvalue weighted by molar-refractivity contribution is 5.73. The second kappa shape index (κ2) is 6.38. The normalized spacial score (nSPS) is 9.67. The topological polar surface area (TPSA) is 100 Å². The number of urea groups is 1. The maximum Gasteiger partial charge on any atom is 0.363 e. The number of amides is 2. The summed E-state index contributed by atoms with van der Waals surface area (Å²) in [6, 6.07) is 2.72. The molecule has 0 aliphatic rings. The number of nitrogens with one attached hydrogen (secondary N) is 2. The predicted molar refractivity (Wildman–Crippen MR) is 66.5 cm³/mol. The van der Waals surface area contributed by atoms with Crippen molar-refractivity contribution in [2.75, 3.05) is 32.5 Å². The number of nitro groups is 1. The molecule has 2 amide bonds. The molecule has 0 aliphatic carbocycles. The summed E-state index contributed by atoms with van der Waals surface area (Å²) in [4.78, 5) is 26.1. The summed E-state index contributed by atoms with van der Waals surface area (Å²) in [5.74, 6) is -0.193. The molecule has 0 unspecified atom stereocenters. The molecule has 1 aromatic rings. The van der Waals surface area contributed by atoms with Gasteiger partial charge in [-0.2, -0.15) is 0 Å². The Balaban J connectivity index is 2.31. The summed E-state index contributed by atoms with van der Waals surface area (Å²) in [6.45, 7) is 0.965. The van der Waals surface area contributed by atoms with E-state index in [-0.39, 0.29) is 11.8 Å². The molecule has 0 aliphatic heterocycles. The highest BCUT2D eigenvalue weighted by atomic mass is 16.6. The zero-order valence-electron chi connectivity index (χ0n) is 10.2. The molecule has 0 saturated carbocycles. The van der Waals surface area contributed by atoms with Gasteiger partial charge in [0.25, 0.3) is 0 Å². The van der Waals surface area contributed by atoms with E-state index in [9.17, 15) is 14.9 Å². The van der Waals surface area contributed by atoms with Crippen LogP contribution in [0.3, 0.4) is 0 Å². The average molecular weight is 253 g/mol. The van der Waals surface area contributed by atoms with E-state index in [2.05, 4.69) is 15.6 Å². The predicted octanol–water partition coefficient (Wildman–Crippen LogP) is 0.673. The Morgan fingerprint density at radius 2 is 2.17 bits per heavy atom. The molecule has 8 nitrogen and oxygen atoms in total. The van der Waals surface area contributed by atoms with Crippen molar-refractivity contribution >= 4 is 17.5 Å². The summed E-state index contributed by atoms with van der Waals surface area (Å²) in [6.07, 6.45) is 1.38. The second-order valence-corrected chi connectivity index (χ2v) is 3.72. The number of pyridine rings is 1. The lowest BCUT2D eigenvalue weighted by atomic mass is 10.4. The van der Waals surface area contributed by atoms with Gasteiger partial charge in [0.15, 0.2) is 6.20 Å². The lowest BCUT2D eigenvalue weighted by Gasteiger charge is -2.12. The fraction of sp³-hybridized carbons (Fsp3) is 0.400. The van der Waals surface area contributed by atoms with E-state index in [1.807, 2.05) is 0 Å². The summed E-state index contributed by atoms with van der Waals surface area (Å²) < 4.78 is 0. The number of hydrogen-bond donors (Lipinski definition) is 2. The minimum absolute atomic E-state index is 0.168. The third-order valence-corrected chi connectivity index (χ3v) is 2.07. The molecule has 98 valence electrons. The molecule has 1 rings (SSSR count). The first-order valence-corrected chi connectivity index (χ1v) is 5.30. The van der Waals surface area contributed by atoms with Gasteiger partial charge in [-0.05, 0) is 16.0 Å². The Morgan fingerprint density at radius 3 is 2.67 bits per heavy atom. The van der Waals surface area contributed by atoms with Gasteiger partial charge in [-0.1, -0.05) is 0 Å². The van der Waals surface area contributed by atoms with Crippen LogP contribution in [-0.4, -0.2) is 48.0 Å². The van der Waals surface area contributed by atoms with E-state index in [1.54, 1.807) is 20.2 Å². The van der Waals surface area contributed by atoms with Gasteiger partial charge in [-0.15, -0.1) is 0 Å². The molecule has 0 aromatic carbocycles. The minimum Gasteiger partial charge on any atom is -0.380 e. The van der Waals surface area contributed by atoms with E-state index in [0.29, 0.717) is 18.8 Å². The van der Waals surface area contributed by atoms with Crippen LogP contribution in [0.2, 0.25) is 0 Å². The smallest absolute Gasteiger partial charge is 0.363 e. The van der Waals surface area contributed by atoms with Gasteiger partial charge in [0.2, 0.25) is 0 Å². The van der Waals surface area contributed by atoms with Crippen LogP contribution in [0.1, 0.15) is 0 Å². The number of carbonyl (C=O) groups excluding carboxylic acids is 1. The van der Waals surface area contributed by atoms with Crippen LogP contribution in [-0.2, 0) is 0 Å². The van der Waals surface area contributed by atoms with E-state index >= 15 is 0 Å². The van der Waals surface area contributed by atoms with Crippen molar-refractivity contribution in [3.63, 3.8) is 0 Å². The quantitative estimate of drug-likeness (QED) is 0.456. The van der Waals surface area contributed by atoms with Crippen molar-refractivity contribution in [2.24, 2.45) is 0 Å². The summed E-state index contributed by atoms with van der Waals surface area (Å²) in [5.41, 5.74) is 0.666. The molecule has 1 aromatic heterocycles. The molecule has 0 spiro atoms. The van der Waals surface area contributed by atoms with Crippen LogP contribution in [0.4, 0.5) is 16.3 Å². The van der Waals surface area contributed by atoms with Gasteiger partial charge in [0, 0.05) is 33.3 Å². The Morgan fingerprint density at radius 1 is 1.44 bits per heavy atom. The Labute approximate surface area is 104 Å². The van der Waals surface area contributed by atoms with Crippen LogP contribution < -0.4 is 10.6 Å². The molecular weight excluding hydrogens is 238 g/mol. The van der Waals surface area contributed by atoms with E-state index in [0.717, 1.165) is 0 Å². The van der Waals surface area contributed by atoms with Crippen molar-refractivity contribution in [3.8, 4) is 0 Å². The largest absolute Gasteiger partial charge is 0.380 e. The third-order valence-electron chi connectivity index (χ3n) is 2.07. The number of aromatic nitrogens is 1. The van der Waals surface area contributed by atoms with Gasteiger partial charge in [-0.25, -0.2) is 4.79 Å². The molecule has 0 atom stereocenters. The lowest BCUT2D eigenvalue weighted by molar-refractivity contribution is -0.389. The Bertz CT molecular complexity index is 418. The van der Waals surface area contributed by atoms with Crippen molar-refractivity contribution in [2.45, 2.75) is 0 Å². The van der Waals surface area contributed by atoms with Crippen molar-refractivity contribution in [1.82, 2.24) is 15.2 Å². The van der Waals surface area contributed by atoms with Crippen molar-refractivity contribution in [3.05, 3.63) is 28.4 Å². The molecule has 0 fully saturated rings. The average Bonchev–Trinajstić information content (AvgIpc) is 2.34. The highest BCUT2D eigenvalue weighted by Crippen LogP contribution is 2.10. The lowest BCUT2D eigenvalue weighted by Crippen LogP contribution is -2.37. The Kier molecular flexibility index (Phi) is 4.85. The van der Waals surface area contributed by atoms with E-state index < -0.39 is 4.92 Å². The molecule has 2 N–H and O–H groups in total. The highest BCUT2D eigenvalue weighted by Gasteiger charge is 2.06. The van der Waals surface area contributed by atoms with Crippen LogP contribution in [0.15, 0.2) is 18.3 Å². The van der Waals surface area contributed by atoms with Crippen molar-refractivity contribution in [1.29, 1.82) is 0 Å². The van der Waals surface area contributed by atoms with Crippen LogP contribution in [0, 0.1) is 10.1 Å². The standard InChI is InChI=1S/C10H15N5O3/c1-14(2)10(16)12-6-5-11-8-3-4-9(13-7-8)15(17)18/h3-4,7,11H,5-6H2,1-2H3,(H,12,16). The summed E-state index contributed by atoms with van der Waals surface area (Å²) in [5, 5.41) is 16.0. The zero-order valence-corrected chi connectivity index (χ0v) is 10.2.